The molecule has 3 aliphatic rings. The van der Waals surface area contributed by atoms with Gasteiger partial charge in [-0.15, -0.1) is 0 Å². The van der Waals surface area contributed by atoms with E-state index in [-0.39, 0.29) is 26.4 Å². The normalized spacial score (nSPS) is 29.6. The Bertz CT molecular complexity index is 1680. The standard InChI is InChI=1S/C42H46O11/c1-28-34-37(53-42(43)52-34)39(48-26-32-21-13-6-14-22-32)41(49-28)51-35-33(27-45-23-29-15-7-3-8-16-29)50-40(44-2)38(47-25-31-19-11-5-12-20-31)36(35)46-24-30-17-9-4-10-18-30/h3-22,28,33-41H,23-27H2,1-2H3/t28-,33+,34-,35+,36-,37+,38+,39+,40-,41?/m0/s1. The van der Waals surface area contributed by atoms with Gasteiger partial charge in [0.05, 0.1) is 39.1 Å². The molecule has 3 heterocycles. The van der Waals surface area contributed by atoms with Gasteiger partial charge >= 0.3 is 6.16 Å². The van der Waals surface area contributed by atoms with E-state index in [4.69, 9.17) is 47.4 Å². The van der Waals surface area contributed by atoms with Crippen LogP contribution >= 0.6 is 0 Å². The van der Waals surface area contributed by atoms with Crippen LogP contribution in [0.25, 0.3) is 0 Å². The van der Waals surface area contributed by atoms with Crippen LogP contribution < -0.4 is 0 Å². The van der Waals surface area contributed by atoms with Gasteiger partial charge in [0.15, 0.2) is 24.8 Å². The number of carbonyl (C=O) groups excluding carboxylic acids is 1. The zero-order chi connectivity index (χ0) is 36.4. The molecule has 4 aromatic carbocycles. The molecule has 7 rings (SSSR count). The minimum absolute atomic E-state index is 0.137. The van der Waals surface area contributed by atoms with E-state index in [0.29, 0.717) is 6.61 Å². The van der Waals surface area contributed by atoms with E-state index in [1.165, 1.54) is 0 Å². The Kier molecular flexibility index (Phi) is 12.8. The number of hydrogen-bond acceptors (Lipinski definition) is 11. The third-order valence-electron chi connectivity index (χ3n) is 9.56. The van der Waals surface area contributed by atoms with Gasteiger partial charge < -0.3 is 47.4 Å². The van der Waals surface area contributed by atoms with Gasteiger partial charge in [-0.2, -0.15) is 0 Å². The first-order valence-electron chi connectivity index (χ1n) is 18.0. The molecule has 11 heteroatoms. The van der Waals surface area contributed by atoms with Crippen LogP contribution in [0.4, 0.5) is 4.79 Å². The summed E-state index contributed by atoms with van der Waals surface area (Å²) in [5.41, 5.74) is 3.89. The van der Waals surface area contributed by atoms with Crippen molar-refractivity contribution in [2.24, 2.45) is 0 Å². The lowest BCUT2D eigenvalue weighted by Gasteiger charge is -2.48. The Morgan fingerprint density at radius 1 is 0.528 bits per heavy atom. The predicted octanol–water partition coefficient (Wildman–Crippen LogP) is 6.36. The van der Waals surface area contributed by atoms with E-state index >= 15 is 0 Å². The first kappa shape index (κ1) is 37.2. The van der Waals surface area contributed by atoms with Gasteiger partial charge in [-0.25, -0.2) is 4.79 Å². The molecule has 0 aromatic heterocycles. The zero-order valence-corrected chi connectivity index (χ0v) is 29.8. The molecular formula is C42H46O11. The second-order valence-corrected chi connectivity index (χ2v) is 13.3. The van der Waals surface area contributed by atoms with E-state index in [1.807, 2.05) is 128 Å². The molecule has 0 radical (unpaired) electrons. The van der Waals surface area contributed by atoms with Gasteiger partial charge in [0, 0.05) is 7.11 Å². The molecule has 3 saturated heterocycles. The lowest BCUT2D eigenvalue weighted by atomic mass is 9.96. The lowest BCUT2D eigenvalue weighted by Crippen LogP contribution is -2.65. The Balaban J connectivity index is 1.20. The van der Waals surface area contributed by atoms with Crippen LogP contribution in [0.2, 0.25) is 0 Å². The number of fused-ring (bicyclic) bond motifs is 1. The number of ether oxygens (including phenoxy) is 10. The number of rotatable bonds is 16. The first-order chi connectivity index (χ1) is 26.1. The molecule has 0 spiro atoms. The summed E-state index contributed by atoms with van der Waals surface area (Å²) in [4.78, 5) is 12.4. The minimum Gasteiger partial charge on any atom is -0.424 e. The molecule has 0 amide bonds. The average Bonchev–Trinajstić information content (AvgIpc) is 3.60. The number of hydrogen-bond donors (Lipinski definition) is 0. The zero-order valence-electron chi connectivity index (χ0n) is 29.8. The molecule has 0 bridgehead atoms. The van der Waals surface area contributed by atoms with Crippen molar-refractivity contribution in [3.05, 3.63) is 144 Å². The Hall–Kier alpha value is -4.17. The number of carbonyl (C=O) groups is 1. The minimum atomic E-state index is -1.02. The summed E-state index contributed by atoms with van der Waals surface area (Å²) in [6.07, 6.45) is -8.50. The largest absolute Gasteiger partial charge is 0.509 e. The van der Waals surface area contributed by atoms with Gasteiger partial charge in [0.2, 0.25) is 0 Å². The maximum atomic E-state index is 12.4. The van der Waals surface area contributed by atoms with Crippen LogP contribution in [0.15, 0.2) is 121 Å². The van der Waals surface area contributed by atoms with Crippen molar-refractivity contribution in [2.75, 3.05) is 13.7 Å². The van der Waals surface area contributed by atoms with Crippen molar-refractivity contribution >= 4 is 6.16 Å². The Morgan fingerprint density at radius 3 is 1.53 bits per heavy atom. The van der Waals surface area contributed by atoms with E-state index < -0.39 is 67.6 Å². The number of methoxy groups -OCH3 is 1. The first-order valence-corrected chi connectivity index (χ1v) is 18.0. The summed E-state index contributed by atoms with van der Waals surface area (Å²) < 4.78 is 63.3. The van der Waals surface area contributed by atoms with Crippen molar-refractivity contribution in [2.45, 2.75) is 94.8 Å². The van der Waals surface area contributed by atoms with Crippen molar-refractivity contribution in [3.8, 4) is 0 Å². The molecule has 3 fully saturated rings. The van der Waals surface area contributed by atoms with Gasteiger partial charge in [-0.3, -0.25) is 0 Å². The van der Waals surface area contributed by atoms with Gasteiger partial charge in [0.1, 0.15) is 30.5 Å². The Labute approximate surface area is 309 Å². The third-order valence-corrected chi connectivity index (χ3v) is 9.56. The summed E-state index contributed by atoms with van der Waals surface area (Å²) in [7, 11) is 1.58. The van der Waals surface area contributed by atoms with Crippen LogP contribution in [0.1, 0.15) is 29.2 Å². The molecule has 0 N–H and O–H groups in total. The highest BCUT2D eigenvalue weighted by Crippen LogP contribution is 2.37. The summed E-state index contributed by atoms with van der Waals surface area (Å²) in [5, 5.41) is 0. The van der Waals surface area contributed by atoms with Gasteiger partial charge in [-0.1, -0.05) is 121 Å². The van der Waals surface area contributed by atoms with Crippen LogP contribution in [0, 0.1) is 0 Å². The summed E-state index contributed by atoms with van der Waals surface area (Å²) >= 11 is 0. The molecule has 280 valence electrons. The van der Waals surface area contributed by atoms with Crippen molar-refractivity contribution in [1.29, 1.82) is 0 Å². The molecule has 4 aromatic rings. The molecule has 0 saturated carbocycles. The highest BCUT2D eigenvalue weighted by atomic mass is 16.8. The molecule has 1 unspecified atom stereocenters. The molecule has 0 aliphatic carbocycles. The smallest absolute Gasteiger partial charge is 0.424 e. The maximum absolute atomic E-state index is 12.4. The molecular weight excluding hydrogens is 680 g/mol. The van der Waals surface area contributed by atoms with Crippen LogP contribution in [-0.2, 0) is 73.8 Å². The highest BCUT2D eigenvalue weighted by Gasteiger charge is 2.57. The third kappa shape index (κ3) is 9.50. The molecule has 3 aliphatic heterocycles. The van der Waals surface area contributed by atoms with Crippen molar-refractivity contribution in [3.63, 3.8) is 0 Å². The second-order valence-electron chi connectivity index (χ2n) is 13.3. The van der Waals surface area contributed by atoms with E-state index in [0.717, 1.165) is 22.3 Å². The van der Waals surface area contributed by atoms with Crippen molar-refractivity contribution in [1.82, 2.24) is 0 Å². The van der Waals surface area contributed by atoms with Crippen molar-refractivity contribution < 1.29 is 52.2 Å². The topological polar surface area (TPSA) is 109 Å². The fraction of sp³-hybridized carbons (Fsp3) is 0.405. The summed E-state index contributed by atoms with van der Waals surface area (Å²) in [5.74, 6) is 0. The number of benzene rings is 4. The summed E-state index contributed by atoms with van der Waals surface area (Å²) in [6, 6.07) is 39.4. The maximum Gasteiger partial charge on any atom is 0.509 e. The Morgan fingerprint density at radius 2 is 1.00 bits per heavy atom. The van der Waals surface area contributed by atoms with Crippen LogP contribution in [0.5, 0.6) is 0 Å². The fourth-order valence-corrected chi connectivity index (χ4v) is 6.86. The quantitative estimate of drug-likeness (QED) is 0.120. The highest BCUT2D eigenvalue weighted by molar-refractivity contribution is 5.63. The molecule has 53 heavy (non-hydrogen) atoms. The van der Waals surface area contributed by atoms with Gasteiger partial charge in [0.25, 0.3) is 0 Å². The van der Waals surface area contributed by atoms with Gasteiger partial charge in [-0.05, 0) is 29.2 Å². The predicted molar refractivity (Wildman–Crippen MR) is 191 cm³/mol. The van der Waals surface area contributed by atoms with E-state index in [1.54, 1.807) is 7.11 Å². The van der Waals surface area contributed by atoms with E-state index in [9.17, 15) is 4.79 Å². The SMILES string of the molecule is CO[C@H]1O[C@H](COCc2ccccc2)[C@@H](OC2O[C@@H](C)[C@@H]3OC(=O)O[C@H]3[C@H]2OCc2ccccc2)[C@H](OCc2ccccc2)[C@H]1OCc1ccccc1. The van der Waals surface area contributed by atoms with E-state index in [2.05, 4.69) is 0 Å². The summed E-state index contributed by atoms with van der Waals surface area (Å²) in [6.45, 7) is 3.06. The monoisotopic (exact) mass is 726 g/mol. The fourth-order valence-electron chi connectivity index (χ4n) is 6.86. The van der Waals surface area contributed by atoms with Crippen LogP contribution in [-0.4, -0.2) is 81.3 Å². The molecule has 10 atom stereocenters. The second kappa shape index (κ2) is 18.2. The van der Waals surface area contributed by atoms with Crippen LogP contribution in [0.3, 0.4) is 0 Å². The molecule has 11 nitrogen and oxygen atoms in total. The lowest BCUT2D eigenvalue weighted by molar-refractivity contribution is -0.363. The average molecular weight is 727 g/mol.